The number of esters is 1. The van der Waals surface area contributed by atoms with E-state index in [0.29, 0.717) is 10.2 Å². The number of methoxy groups -OCH3 is 1. The predicted octanol–water partition coefficient (Wildman–Crippen LogP) is 3.78. The Balaban J connectivity index is 2.06. The van der Waals surface area contributed by atoms with Gasteiger partial charge < -0.3 is 14.8 Å². The van der Waals surface area contributed by atoms with Gasteiger partial charge in [-0.15, -0.1) is 0 Å². The van der Waals surface area contributed by atoms with Gasteiger partial charge in [0.25, 0.3) is 5.91 Å². The van der Waals surface area contributed by atoms with Crippen LogP contribution in [0.1, 0.15) is 17.3 Å². The Labute approximate surface area is 146 Å². The van der Waals surface area contributed by atoms with Crippen molar-refractivity contribution in [1.29, 1.82) is 0 Å². The summed E-state index contributed by atoms with van der Waals surface area (Å²) in [5.41, 5.74) is 0.243. The molecule has 0 aromatic heterocycles. The number of anilines is 1. The minimum Gasteiger partial charge on any atom is -0.497 e. The molecule has 1 N–H and O–H groups in total. The van der Waals surface area contributed by atoms with Crippen molar-refractivity contribution in [1.82, 2.24) is 0 Å². The van der Waals surface area contributed by atoms with Crippen molar-refractivity contribution >= 4 is 33.5 Å². The summed E-state index contributed by atoms with van der Waals surface area (Å²) in [5.74, 6) is -1.42. The molecule has 7 heteroatoms. The van der Waals surface area contributed by atoms with E-state index in [1.54, 1.807) is 18.2 Å². The van der Waals surface area contributed by atoms with E-state index in [-0.39, 0.29) is 11.3 Å². The van der Waals surface area contributed by atoms with Crippen LogP contribution in [0.3, 0.4) is 0 Å². The van der Waals surface area contributed by atoms with Gasteiger partial charge in [0, 0.05) is 4.47 Å². The predicted molar refractivity (Wildman–Crippen MR) is 90.6 cm³/mol. The summed E-state index contributed by atoms with van der Waals surface area (Å²) in [4.78, 5) is 24.3. The van der Waals surface area contributed by atoms with E-state index in [4.69, 9.17) is 9.47 Å². The van der Waals surface area contributed by atoms with Crippen LogP contribution >= 0.6 is 15.9 Å². The summed E-state index contributed by atoms with van der Waals surface area (Å²) >= 11 is 3.24. The molecule has 0 radical (unpaired) electrons. The zero-order chi connectivity index (χ0) is 17.7. The minimum atomic E-state index is -1.10. The summed E-state index contributed by atoms with van der Waals surface area (Å²) in [6.07, 6.45) is -1.10. The second-order valence-corrected chi connectivity index (χ2v) is 5.72. The van der Waals surface area contributed by atoms with Gasteiger partial charge in [-0.25, -0.2) is 9.18 Å². The molecule has 1 amide bonds. The van der Waals surface area contributed by atoms with Crippen molar-refractivity contribution in [3.63, 3.8) is 0 Å². The van der Waals surface area contributed by atoms with Crippen molar-refractivity contribution < 1.29 is 23.5 Å². The van der Waals surface area contributed by atoms with Gasteiger partial charge in [-0.2, -0.15) is 0 Å². The van der Waals surface area contributed by atoms with E-state index in [2.05, 4.69) is 21.2 Å². The highest BCUT2D eigenvalue weighted by Crippen LogP contribution is 2.23. The molecular weight excluding hydrogens is 381 g/mol. The number of halogens is 2. The molecule has 0 fully saturated rings. The number of para-hydroxylation sites is 1. The van der Waals surface area contributed by atoms with E-state index in [1.165, 1.54) is 38.3 Å². The average molecular weight is 396 g/mol. The third kappa shape index (κ3) is 4.32. The van der Waals surface area contributed by atoms with E-state index < -0.39 is 23.8 Å². The number of benzene rings is 2. The van der Waals surface area contributed by atoms with Gasteiger partial charge in [0.15, 0.2) is 6.10 Å². The van der Waals surface area contributed by atoms with Crippen LogP contribution in [0.15, 0.2) is 46.9 Å². The van der Waals surface area contributed by atoms with Crippen LogP contribution in [0, 0.1) is 5.82 Å². The Morgan fingerprint density at radius 3 is 2.58 bits per heavy atom. The molecular formula is C17H15BrFNO4. The van der Waals surface area contributed by atoms with Crippen LogP contribution in [-0.2, 0) is 9.53 Å². The van der Waals surface area contributed by atoms with Gasteiger partial charge in [-0.3, -0.25) is 4.79 Å². The maximum absolute atomic E-state index is 13.5. The molecule has 0 saturated carbocycles. The highest BCUT2D eigenvalue weighted by atomic mass is 79.9. The van der Waals surface area contributed by atoms with Gasteiger partial charge >= 0.3 is 5.97 Å². The molecule has 0 aliphatic carbocycles. The summed E-state index contributed by atoms with van der Waals surface area (Å²) in [6.45, 7) is 1.40. The molecule has 1 atom stereocenters. The first kappa shape index (κ1) is 17.9. The monoisotopic (exact) mass is 395 g/mol. The Morgan fingerprint density at radius 2 is 1.92 bits per heavy atom. The van der Waals surface area contributed by atoms with E-state index in [0.717, 1.165) is 0 Å². The number of hydrogen-bond donors (Lipinski definition) is 1. The van der Waals surface area contributed by atoms with Crippen molar-refractivity contribution in [3.05, 3.63) is 58.3 Å². The average Bonchev–Trinajstić information content (AvgIpc) is 2.57. The van der Waals surface area contributed by atoms with Crippen LogP contribution < -0.4 is 10.1 Å². The largest absolute Gasteiger partial charge is 0.497 e. The fourth-order valence-corrected chi connectivity index (χ4v) is 2.27. The first-order valence-electron chi connectivity index (χ1n) is 7.02. The Morgan fingerprint density at radius 1 is 1.21 bits per heavy atom. The zero-order valence-corrected chi connectivity index (χ0v) is 14.6. The third-order valence-corrected chi connectivity index (χ3v) is 3.87. The number of carbonyl (C=O) groups is 2. The molecule has 0 unspecified atom stereocenters. The molecule has 2 aromatic carbocycles. The fraction of sp³-hybridized carbons (Fsp3) is 0.176. The van der Waals surface area contributed by atoms with Gasteiger partial charge in [-0.1, -0.05) is 12.1 Å². The SMILES string of the molecule is COc1ccc(Br)c(C(=O)O[C@@H](C)C(=O)Nc2ccccc2F)c1. The van der Waals surface area contributed by atoms with E-state index >= 15 is 0 Å². The molecule has 0 aliphatic rings. The Bertz CT molecular complexity index is 766. The van der Waals surface area contributed by atoms with Crippen molar-refractivity contribution in [2.24, 2.45) is 0 Å². The first-order valence-corrected chi connectivity index (χ1v) is 7.81. The highest BCUT2D eigenvalue weighted by Gasteiger charge is 2.21. The molecule has 2 rings (SSSR count). The van der Waals surface area contributed by atoms with E-state index in [9.17, 15) is 14.0 Å². The number of hydrogen-bond acceptors (Lipinski definition) is 4. The van der Waals surface area contributed by atoms with Crippen molar-refractivity contribution in [2.75, 3.05) is 12.4 Å². The maximum Gasteiger partial charge on any atom is 0.340 e. The van der Waals surface area contributed by atoms with Gasteiger partial charge in [-0.05, 0) is 53.2 Å². The van der Waals surface area contributed by atoms with Crippen LogP contribution in [0.5, 0.6) is 5.75 Å². The first-order chi connectivity index (χ1) is 11.4. The standard InChI is InChI=1S/C17H15BrFNO4/c1-10(16(21)20-15-6-4-3-5-14(15)19)24-17(22)12-9-11(23-2)7-8-13(12)18/h3-10H,1-2H3,(H,20,21)/t10-/m0/s1. The molecule has 24 heavy (non-hydrogen) atoms. The van der Waals surface area contributed by atoms with Crippen LogP contribution in [0.2, 0.25) is 0 Å². The lowest BCUT2D eigenvalue weighted by Crippen LogP contribution is -2.30. The summed E-state index contributed by atoms with van der Waals surface area (Å²) in [5, 5.41) is 2.38. The van der Waals surface area contributed by atoms with Crippen LogP contribution in [-0.4, -0.2) is 25.1 Å². The second kappa shape index (κ2) is 7.92. The Kier molecular flexibility index (Phi) is 5.92. The fourth-order valence-electron chi connectivity index (χ4n) is 1.86. The maximum atomic E-state index is 13.5. The molecule has 0 aliphatic heterocycles. The summed E-state index contributed by atoms with van der Waals surface area (Å²) < 4.78 is 24.2. The molecule has 0 bridgehead atoms. The number of amides is 1. The van der Waals surface area contributed by atoms with Gasteiger partial charge in [0.05, 0.1) is 18.4 Å². The lowest BCUT2D eigenvalue weighted by atomic mass is 10.2. The van der Waals surface area contributed by atoms with Gasteiger partial charge in [0.2, 0.25) is 0 Å². The van der Waals surface area contributed by atoms with Crippen LogP contribution in [0.4, 0.5) is 10.1 Å². The second-order valence-electron chi connectivity index (χ2n) is 4.86. The quantitative estimate of drug-likeness (QED) is 0.782. The number of rotatable bonds is 5. The van der Waals surface area contributed by atoms with E-state index in [1.807, 2.05) is 0 Å². The molecule has 0 heterocycles. The normalized spacial score (nSPS) is 11.5. The van der Waals surface area contributed by atoms with Crippen molar-refractivity contribution in [3.8, 4) is 5.75 Å². The molecule has 0 saturated heterocycles. The minimum absolute atomic E-state index is 0.0213. The van der Waals surface area contributed by atoms with Crippen molar-refractivity contribution in [2.45, 2.75) is 13.0 Å². The van der Waals surface area contributed by atoms with Crippen LogP contribution in [0.25, 0.3) is 0 Å². The topological polar surface area (TPSA) is 64.6 Å². The number of carbonyl (C=O) groups excluding carboxylic acids is 2. The molecule has 5 nitrogen and oxygen atoms in total. The summed E-state index contributed by atoms with van der Waals surface area (Å²) in [6, 6.07) is 10.5. The number of ether oxygens (including phenoxy) is 2. The summed E-state index contributed by atoms with van der Waals surface area (Å²) in [7, 11) is 1.48. The molecule has 0 spiro atoms. The number of nitrogens with one attached hydrogen (secondary N) is 1. The Hall–Kier alpha value is -2.41. The van der Waals surface area contributed by atoms with Gasteiger partial charge in [0.1, 0.15) is 11.6 Å². The highest BCUT2D eigenvalue weighted by molar-refractivity contribution is 9.10. The third-order valence-electron chi connectivity index (χ3n) is 3.18. The lowest BCUT2D eigenvalue weighted by Gasteiger charge is -2.14. The molecule has 126 valence electrons. The smallest absolute Gasteiger partial charge is 0.340 e. The molecule has 2 aromatic rings. The zero-order valence-electron chi connectivity index (χ0n) is 13.0. The lowest BCUT2D eigenvalue weighted by molar-refractivity contribution is -0.123.